The lowest BCUT2D eigenvalue weighted by molar-refractivity contribution is 0.0508. The molecule has 2 saturated heterocycles. The third-order valence-corrected chi connectivity index (χ3v) is 7.72. The van der Waals surface area contributed by atoms with E-state index in [0.29, 0.717) is 24.0 Å². The zero-order chi connectivity index (χ0) is 24.6. The van der Waals surface area contributed by atoms with Crippen molar-refractivity contribution < 1.29 is 9.90 Å². The van der Waals surface area contributed by atoms with Crippen molar-refractivity contribution in [3.8, 4) is 0 Å². The van der Waals surface area contributed by atoms with Gasteiger partial charge in [0.2, 0.25) is 0 Å². The number of rotatable bonds is 7. The molecule has 186 valence electrons. The standard InChI is InChI=1S/C27H41N5O2/c1-18(2)25-29-28-19(3)31(25)23-16-21-12-13-22(17-23)30(21)15-14-24(20-10-8-7-9-11-20)32(26(33)34)27(4,5)6/h7-11,18,21-24H,12-17H2,1-6H3,(H,33,34)/t21?,22?,23?,24-/m0/s1. The van der Waals surface area contributed by atoms with E-state index in [0.717, 1.165) is 43.0 Å². The van der Waals surface area contributed by atoms with E-state index in [1.54, 1.807) is 4.90 Å². The molecule has 7 nitrogen and oxygen atoms in total. The van der Waals surface area contributed by atoms with E-state index in [1.807, 2.05) is 39.0 Å². The van der Waals surface area contributed by atoms with Crippen molar-refractivity contribution in [3.05, 3.63) is 47.5 Å². The molecule has 2 aliphatic heterocycles. The van der Waals surface area contributed by atoms with Crippen LogP contribution in [0.15, 0.2) is 30.3 Å². The monoisotopic (exact) mass is 467 g/mol. The van der Waals surface area contributed by atoms with Crippen molar-refractivity contribution in [1.82, 2.24) is 24.6 Å². The highest BCUT2D eigenvalue weighted by Gasteiger charge is 2.43. The lowest BCUT2D eigenvalue weighted by Crippen LogP contribution is -2.49. The average Bonchev–Trinajstić information content (AvgIpc) is 3.26. The summed E-state index contributed by atoms with van der Waals surface area (Å²) in [6.45, 7) is 13.3. The van der Waals surface area contributed by atoms with Crippen LogP contribution in [0.4, 0.5) is 4.79 Å². The molecule has 34 heavy (non-hydrogen) atoms. The summed E-state index contributed by atoms with van der Waals surface area (Å²) in [6, 6.07) is 11.5. The fourth-order valence-corrected chi connectivity index (χ4v) is 6.33. The first-order valence-corrected chi connectivity index (χ1v) is 12.8. The topological polar surface area (TPSA) is 74.5 Å². The normalized spacial score (nSPS) is 23.9. The van der Waals surface area contributed by atoms with Gasteiger partial charge in [0, 0.05) is 36.1 Å². The lowest BCUT2D eigenvalue weighted by Gasteiger charge is -2.43. The fourth-order valence-electron chi connectivity index (χ4n) is 6.33. The highest BCUT2D eigenvalue weighted by Crippen LogP contribution is 2.43. The van der Waals surface area contributed by atoms with Crippen LogP contribution in [0.3, 0.4) is 0 Å². The first-order chi connectivity index (χ1) is 16.1. The van der Waals surface area contributed by atoms with Crippen molar-refractivity contribution in [2.75, 3.05) is 6.54 Å². The summed E-state index contributed by atoms with van der Waals surface area (Å²) >= 11 is 0. The number of carbonyl (C=O) groups is 1. The lowest BCUT2D eigenvalue weighted by atomic mass is 9.93. The number of piperidine rings is 1. The summed E-state index contributed by atoms with van der Waals surface area (Å²) in [6.07, 6.45) is 4.62. The van der Waals surface area contributed by atoms with Crippen molar-refractivity contribution in [2.24, 2.45) is 0 Å². The Morgan fingerprint density at radius 1 is 1.09 bits per heavy atom. The molecule has 0 saturated carbocycles. The molecule has 1 aromatic heterocycles. The van der Waals surface area contributed by atoms with Gasteiger partial charge in [-0.15, -0.1) is 10.2 Å². The molecule has 7 heteroatoms. The average molecular weight is 468 g/mol. The van der Waals surface area contributed by atoms with E-state index >= 15 is 0 Å². The second-order valence-corrected chi connectivity index (χ2v) is 11.4. The minimum Gasteiger partial charge on any atom is -0.465 e. The van der Waals surface area contributed by atoms with Gasteiger partial charge in [0.25, 0.3) is 0 Å². The Kier molecular flexibility index (Phi) is 7.04. The number of hydrogen-bond donors (Lipinski definition) is 1. The zero-order valence-corrected chi connectivity index (χ0v) is 21.6. The number of fused-ring (bicyclic) bond motifs is 2. The first-order valence-electron chi connectivity index (χ1n) is 12.8. The van der Waals surface area contributed by atoms with Gasteiger partial charge in [-0.25, -0.2) is 4.79 Å². The van der Waals surface area contributed by atoms with Crippen LogP contribution in [-0.2, 0) is 0 Å². The number of benzene rings is 1. The molecule has 1 amide bonds. The third kappa shape index (κ3) is 4.85. The van der Waals surface area contributed by atoms with Crippen molar-refractivity contribution >= 4 is 6.09 Å². The SMILES string of the molecule is Cc1nnc(C(C)C)n1C1CC2CCC(C1)N2CC[C@@H](c1ccccc1)N(C(=O)O)C(C)(C)C. The smallest absolute Gasteiger partial charge is 0.408 e. The Balaban J connectivity index is 1.52. The molecule has 2 bridgehead atoms. The molecule has 1 aromatic carbocycles. The van der Waals surface area contributed by atoms with E-state index in [9.17, 15) is 9.90 Å². The van der Waals surface area contributed by atoms with Gasteiger partial charge in [0.15, 0.2) is 0 Å². The van der Waals surface area contributed by atoms with Crippen LogP contribution < -0.4 is 0 Å². The molecule has 0 aliphatic carbocycles. The highest BCUT2D eigenvalue weighted by molar-refractivity contribution is 5.67. The summed E-state index contributed by atoms with van der Waals surface area (Å²) in [5.74, 6) is 2.48. The molecule has 2 aliphatic rings. The zero-order valence-electron chi connectivity index (χ0n) is 21.6. The Bertz CT molecular complexity index is 967. The highest BCUT2D eigenvalue weighted by atomic mass is 16.4. The summed E-state index contributed by atoms with van der Waals surface area (Å²) < 4.78 is 2.39. The van der Waals surface area contributed by atoms with Gasteiger partial charge < -0.3 is 9.67 Å². The van der Waals surface area contributed by atoms with E-state index in [4.69, 9.17) is 0 Å². The predicted octanol–water partition coefficient (Wildman–Crippen LogP) is 5.79. The molecule has 0 spiro atoms. The molecule has 2 unspecified atom stereocenters. The second-order valence-electron chi connectivity index (χ2n) is 11.4. The third-order valence-electron chi connectivity index (χ3n) is 7.72. The van der Waals surface area contributed by atoms with Crippen molar-refractivity contribution in [3.63, 3.8) is 0 Å². The molecular formula is C27H41N5O2. The molecular weight excluding hydrogens is 426 g/mol. The summed E-state index contributed by atoms with van der Waals surface area (Å²) in [7, 11) is 0. The van der Waals surface area contributed by atoms with Crippen LogP contribution >= 0.6 is 0 Å². The van der Waals surface area contributed by atoms with Gasteiger partial charge in [-0.3, -0.25) is 9.80 Å². The number of aromatic nitrogens is 3. The van der Waals surface area contributed by atoms with Gasteiger partial charge in [-0.1, -0.05) is 44.2 Å². The van der Waals surface area contributed by atoms with Gasteiger partial charge in [0.05, 0.1) is 6.04 Å². The van der Waals surface area contributed by atoms with Gasteiger partial charge in [-0.05, 0) is 65.4 Å². The van der Waals surface area contributed by atoms with Crippen LogP contribution in [0.1, 0.15) is 102 Å². The Hall–Kier alpha value is -2.41. The van der Waals surface area contributed by atoms with Gasteiger partial charge in [-0.2, -0.15) is 0 Å². The maximum Gasteiger partial charge on any atom is 0.408 e. The van der Waals surface area contributed by atoms with Crippen molar-refractivity contribution in [2.45, 2.75) is 109 Å². The van der Waals surface area contributed by atoms with E-state index < -0.39 is 11.6 Å². The maximum atomic E-state index is 12.3. The first kappa shape index (κ1) is 24.7. The van der Waals surface area contributed by atoms with Crippen LogP contribution in [0.25, 0.3) is 0 Å². The van der Waals surface area contributed by atoms with Gasteiger partial charge in [0.1, 0.15) is 11.6 Å². The number of nitrogens with zero attached hydrogens (tertiary/aromatic N) is 5. The quantitative estimate of drug-likeness (QED) is 0.558. The van der Waals surface area contributed by atoms with Crippen LogP contribution in [-0.4, -0.2) is 59.9 Å². The number of carboxylic acid groups (broad SMARTS) is 1. The second kappa shape index (κ2) is 9.68. The predicted molar refractivity (Wildman–Crippen MR) is 134 cm³/mol. The Morgan fingerprint density at radius 3 is 2.24 bits per heavy atom. The molecule has 0 radical (unpaired) electrons. The van der Waals surface area contributed by atoms with Crippen LogP contribution in [0.5, 0.6) is 0 Å². The number of aryl methyl sites for hydroxylation is 1. The summed E-state index contributed by atoms with van der Waals surface area (Å²) in [5, 5.41) is 19.0. The van der Waals surface area contributed by atoms with E-state index in [1.165, 1.54) is 12.8 Å². The molecule has 1 N–H and O–H groups in total. The minimum atomic E-state index is -0.854. The number of amides is 1. The largest absolute Gasteiger partial charge is 0.465 e. The minimum absolute atomic E-state index is 0.163. The fraction of sp³-hybridized carbons (Fsp3) is 0.667. The summed E-state index contributed by atoms with van der Waals surface area (Å²) in [4.78, 5) is 16.7. The van der Waals surface area contributed by atoms with E-state index in [2.05, 4.69) is 52.6 Å². The molecule has 2 aromatic rings. The van der Waals surface area contributed by atoms with Crippen LogP contribution in [0, 0.1) is 6.92 Å². The van der Waals surface area contributed by atoms with Crippen molar-refractivity contribution in [1.29, 1.82) is 0 Å². The molecule has 3 atom stereocenters. The molecule has 2 fully saturated rings. The molecule has 4 rings (SSSR count). The Morgan fingerprint density at radius 2 is 1.71 bits per heavy atom. The Labute approximate surface area is 204 Å². The van der Waals surface area contributed by atoms with Gasteiger partial charge >= 0.3 is 6.09 Å². The van der Waals surface area contributed by atoms with E-state index in [-0.39, 0.29) is 6.04 Å². The summed E-state index contributed by atoms with van der Waals surface area (Å²) in [5.41, 5.74) is 0.598. The number of hydrogen-bond acceptors (Lipinski definition) is 4. The van der Waals surface area contributed by atoms with Crippen LogP contribution in [0.2, 0.25) is 0 Å². The maximum absolute atomic E-state index is 12.3. The molecule has 3 heterocycles.